The maximum absolute atomic E-state index is 10.1. The Morgan fingerprint density at radius 1 is 1.60 bits per heavy atom. The number of methoxy groups -OCH3 is 1. The van der Waals surface area contributed by atoms with Crippen LogP contribution in [0, 0.1) is 0 Å². The molecule has 1 rings (SSSR count). The predicted molar refractivity (Wildman–Crippen MR) is 61.6 cm³/mol. The van der Waals surface area contributed by atoms with E-state index in [2.05, 4.69) is 21.0 Å². The molecule has 0 aromatic carbocycles. The lowest BCUT2D eigenvalue weighted by atomic mass is 10.1. The molecule has 15 heavy (non-hydrogen) atoms. The Morgan fingerprint density at radius 2 is 2.27 bits per heavy atom. The van der Waals surface area contributed by atoms with Crippen molar-refractivity contribution in [1.29, 1.82) is 0 Å². The van der Waals surface area contributed by atoms with E-state index in [1.54, 1.807) is 18.0 Å². The Hall–Kier alpha value is -0.390. The first-order chi connectivity index (χ1) is 7.15. The number of aliphatic hydroxyl groups is 1. The second-order valence-electron chi connectivity index (χ2n) is 3.32. The minimum Gasteiger partial charge on any atom is -0.384 e. The molecule has 0 amide bonds. The number of ether oxygens (including phenoxy) is 1. The van der Waals surface area contributed by atoms with Crippen LogP contribution in [0.1, 0.15) is 32.1 Å². The number of hydrogen-bond donors (Lipinski definition) is 1. The SMILES string of the molecule is CCC(OC)C(O)c1c(Br)cnn1CC. The summed E-state index contributed by atoms with van der Waals surface area (Å²) < 4.78 is 7.83. The van der Waals surface area contributed by atoms with Gasteiger partial charge in [0.2, 0.25) is 0 Å². The van der Waals surface area contributed by atoms with Crippen LogP contribution >= 0.6 is 15.9 Å². The summed E-state index contributed by atoms with van der Waals surface area (Å²) >= 11 is 3.39. The average Bonchev–Trinajstić information content (AvgIpc) is 2.61. The normalized spacial score (nSPS) is 15.3. The van der Waals surface area contributed by atoms with Gasteiger partial charge < -0.3 is 9.84 Å². The first-order valence-corrected chi connectivity index (χ1v) is 5.87. The number of aliphatic hydroxyl groups excluding tert-OH is 1. The van der Waals surface area contributed by atoms with Gasteiger partial charge in [0.1, 0.15) is 6.10 Å². The van der Waals surface area contributed by atoms with Crippen LogP contribution in [0.15, 0.2) is 10.7 Å². The molecule has 2 atom stereocenters. The molecule has 0 aliphatic rings. The van der Waals surface area contributed by atoms with Crippen molar-refractivity contribution in [3.05, 3.63) is 16.4 Å². The molecular formula is C10H17BrN2O2. The highest BCUT2D eigenvalue weighted by Crippen LogP contribution is 2.27. The topological polar surface area (TPSA) is 47.3 Å². The van der Waals surface area contributed by atoms with Gasteiger partial charge in [0.15, 0.2) is 0 Å². The molecule has 0 aliphatic heterocycles. The Bertz CT molecular complexity index is 310. The standard InChI is InChI=1S/C10H17BrN2O2/c1-4-8(15-3)10(14)9-7(11)6-12-13(9)5-2/h6,8,10,14H,4-5H2,1-3H3. The highest BCUT2D eigenvalue weighted by atomic mass is 79.9. The fourth-order valence-corrected chi connectivity index (χ4v) is 2.14. The van der Waals surface area contributed by atoms with E-state index in [-0.39, 0.29) is 6.10 Å². The van der Waals surface area contributed by atoms with Crippen molar-refractivity contribution in [2.45, 2.75) is 39.0 Å². The predicted octanol–water partition coefficient (Wildman–Crippen LogP) is 2.12. The van der Waals surface area contributed by atoms with Gasteiger partial charge >= 0.3 is 0 Å². The third-order valence-electron chi connectivity index (χ3n) is 2.47. The van der Waals surface area contributed by atoms with Crippen molar-refractivity contribution in [2.24, 2.45) is 0 Å². The van der Waals surface area contributed by atoms with E-state index in [0.717, 1.165) is 23.1 Å². The first-order valence-electron chi connectivity index (χ1n) is 5.07. The molecule has 2 unspecified atom stereocenters. The molecule has 4 nitrogen and oxygen atoms in total. The molecule has 1 heterocycles. The Balaban J connectivity index is 2.97. The van der Waals surface area contributed by atoms with Gasteiger partial charge in [-0.2, -0.15) is 5.10 Å². The Morgan fingerprint density at radius 3 is 2.73 bits per heavy atom. The molecule has 0 fully saturated rings. The van der Waals surface area contributed by atoms with Gasteiger partial charge in [-0.15, -0.1) is 0 Å². The summed E-state index contributed by atoms with van der Waals surface area (Å²) in [6, 6.07) is 0. The zero-order valence-electron chi connectivity index (χ0n) is 9.27. The minimum absolute atomic E-state index is 0.191. The van der Waals surface area contributed by atoms with Crippen molar-refractivity contribution in [2.75, 3.05) is 7.11 Å². The monoisotopic (exact) mass is 276 g/mol. The van der Waals surface area contributed by atoms with Gasteiger partial charge in [-0.1, -0.05) is 6.92 Å². The van der Waals surface area contributed by atoms with Crippen LogP contribution in [0.3, 0.4) is 0 Å². The molecule has 0 spiro atoms. The summed E-state index contributed by atoms with van der Waals surface area (Å²) in [5.74, 6) is 0. The number of aromatic nitrogens is 2. The number of hydrogen-bond acceptors (Lipinski definition) is 3. The zero-order chi connectivity index (χ0) is 11.4. The van der Waals surface area contributed by atoms with E-state index >= 15 is 0 Å². The molecule has 5 heteroatoms. The fraction of sp³-hybridized carbons (Fsp3) is 0.700. The van der Waals surface area contributed by atoms with Gasteiger partial charge in [0, 0.05) is 13.7 Å². The second kappa shape index (κ2) is 5.63. The van der Waals surface area contributed by atoms with E-state index in [0.29, 0.717) is 0 Å². The third kappa shape index (κ3) is 2.59. The van der Waals surface area contributed by atoms with Crippen LogP contribution < -0.4 is 0 Å². The summed E-state index contributed by atoms with van der Waals surface area (Å²) in [5, 5.41) is 14.3. The molecule has 1 N–H and O–H groups in total. The van der Waals surface area contributed by atoms with Gasteiger partial charge in [0.05, 0.1) is 22.5 Å². The number of aryl methyl sites for hydroxylation is 1. The van der Waals surface area contributed by atoms with Gasteiger partial charge in [-0.3, -0.25) is 4.68 Å². The Kier molecular flexibility index (Phi) is 4.76. The van der Waals surface area contributed by atoms with Crippen LogP contribution in [0.4, 0.5) is 0 Å². The maximum atomic E-state index is 10.1. The average molecular weight is 277 g/mol. The van der Waals surface area contributed by atoms with Gasteiger partial charge in [-0.05, 0) is 29.3 Å². The van der Waals surface area contributed by atoms with Crippen LogP contribution in [-0.4, -0.2) is 28.1 Å². The van der Waals surface area contributed by atoms with E-state index < -0.39 is 6.10 Å². The van der Waals surface area contributed by atoms with Crippen molar-refractivity contribution < 1.29 is 9.84 Å². The molecular weight excluding hydrogens is 260 g/mol. The summed E-state index contributed by atoms with van der Waals surface area (Å²) in [7, 11) is 1.61. The minimum atomic E-state index is -0.642. The van der Waals surface area contributed by atoms with Crippen LogP contribution in [-0.2, 0) is 11.3 Å². The highest BCUT2D eigenvalue weighted by molar-refractivity contribution is 9.10. The molecule has 86 valence electrons. The number of nitrogens with zero attached hydrogens (tertiary/aromatic N) is 2. The zero-order valence-corrected chi connectivity index (χ0v) is 10.9. The molecule has 0 radical (unpaired) electrons. The van der Waals surface area contributed by atoms with Crippen molar-refractivity contribution in [3.63, 3.8) is 0 Å². The van der Waals surface area contributed by atoms with Crippen molar-refractivity contribution >= 4 is 15.9 Å². The third-order valence-corrected chi connectivity index (χ3v) is 3.08. The quantitative estimate of drug-likeness (QED) is 0.896. The number of halogens is 1. The van der Waals surface area contributed by atoms with E-state index in [1.165, 1.54) is 0 Å². The van der Waals surface area contributed by atoms with E-state index in [4.69, 9.17) is 4.74 Å². The lowest BCUT2D eigenvalue weighted by molar-refractivity contribution is -0.0193. The fourth-order valence-electron chi connectivity index (χ4n) is 1.61. The molecule has 1 aromatic rings. The van der Waals surface area contributed by atoms with Crippen molar-refractivity contribution in [3.8, 4) is 0 Å². The molecule has 0 bridgehead atoms. The summed E-state index contributed by atoms with van der Waals surface area (Å²) in [6.07, 6.45) is 1.63. The lowest BCUT2D eigenvalue weighted by Crippen LogP contribution is -2.23. The Labute approximate surface area is 98.4 Å². The molecule has 0 aliphatic carbocycles. The smallest absolute Gasteiger partial charge is 0.123 e. The molecule has 1 aromatic heterocycles. The number of rotatable bonds is 5. The van der Waals surface area contributed by atoms with E-state index in [9.17, 15) is 5.11 Å². The first kappa shape index (κ1) is 12.7. The maximum Gasteiger partial charge on any atom is 0.123 e. The summed E-state index contributed by atoms with van der Waals surface area (Å²) in [6.45, 7) is 4.71. The van der Waals surface area contributed by atoms with Gasteiger partial charge in [-0.25, -0.2) is 0 Å². The highest BCUT2D eigenvalue weighted by Gasteiger charge is 2.24. The second-order valence-corrected chi connectivity index (χ2v) is 4.18. The van der Waals surface area contributed by atoms with Crippen LogP contribution in [0.2, 0.25) is 0 Å². The lowest BCUT2D eigenvalue weighted by Gasteiger charge is -2.21. The molecule has 0 saturated carbocycles. The van der Waals surface area contributed by atoms with Gasteiger partial charge in [0.25, 0.3) is 0 Å². The summed E-state index contributed by atoms with van der Waals surface area (Å²) in [4.78, 5) is 0. The van der Waals surface area contributed by atoms with Crippen molar-refractivity contribution in [1.82, 2.24) is 9.78 Å². The van der Waals surface area contributed by atoms with Crippen LogP contribution in [0.25, 0.3) is 0 Å². The largest absolute Gasteiger partial charge is 0.384 e. The summed E-state index contributed by atoms with van der Waals surface area (Å²) in [5.41, 5.74) is 0.784. The van der Waals surface area contributed by atoms with Crippen LogP contribution in [0.5, 0.6) is 0 Å². The van der Waals surface area contributed by atoms with E-state index in [1.807, 2.05) is 13.8 Å². The molecule has 0 saturated heterocycles.